The van der Waals surface area contributed by atoms with Crippen LogP contribution < -0.4 is 5.32 Å². The van der Waals surface area contributed by atoms with Gasteiger partial charge >= 0.3 is 0 Å². The Morgan fingerprint density at radius 1 is 1.09 bits per heavy atom. The lowest BCUT2D eigenvalue weighted by atomic mass is 9.94. The third-order valence-corrected chi connectivity index (χ3v) is 6.85. The summed E-state index contributed by atoms with van der Waals surface area (Å²) in [7, 11) is 0. The minimum atomic E-state index is -0.549. The van der Waals surface area contributed by atoms with E-state index in [1.54, 1.807) is 0 Å². The van der Waals surface area contributed by atoms with Crippen molar-refractivity contribution in [2.75, 3.05) is 19.8 Å². The van der Waals surface area contributed by atoms with Gasteiger partial charge in [-0.15, -0.1) is 0 Å². The summed E-state index contributed by atoms with van der Waals surface area (Å²) in [5.74, 6) is -0.0569. The Labute approximate surface area is 204 Å². The summed E-state index contributed by atoms with van der Waals surface area (Å²) in [6, 6.07) is 15.4. The van der Waals surface area contributed by atoms with Crippen LogP contribution in [0.4, 0.5) is 0 Å². The molecule has 178 valence electrons. The average Bonchev–Trinajstić information content (AvgIpc) is 2.79. The predicted octanol–water partition coefficient (Wildman–Crippen LogP) is 3.81. The first-order valence-corrected chi connectivity index (χ1v) is 12.1. The monoisotopic (exact) mass is 492 g/mol. The van der Waals surface area contributed by atoms with E-state index >= 15 is 0 Å². The number of fused-ring (bicyclic) bond motifs is 1. The molecule has 1 amide bonds. The van der Waals surface area contributed by atoms with Gasteiger partial charge in [-0.3, -0.25) is 9.69 Å². The number of aliphatic hydroxyl groups is 1. The molecular formula is C25H30Cl2N2O4. The number of aliphatic hydroxyl groups excluding tert-OH is 1. The zero-order valence-corrected chi connectivity index (χ0v) is 20.0. The maximum Gasteiger partial charge on any atom is 0.222 e. The van der Waals surface area contributed by atoms with E-state index in [4.69, 9.17) is 32.7 Å². The number of hydrogen-bond donors (Lipinski definition) is 2. The number of nitrogens with one attached hydrogen (secondary N) is 1. The van der Waals surface area contributed by atoms with Gasteiger partial charge in [0.05, 0.1) is 37.9 Å². The second kappa shape index (κ2) is 11.6. The normalized spacial score (nSPS) is 26.2. The Balaban J connectivity index is 1.34. The number of carbonyl (C=O) groups is 1. The third kappa shape index (κ3) is 6.92. The van der Waals surface area contributed by atoms with E-state index in [9.17, 15) is 9.90 Å². The maximum atomic E-state index is 12.5. The second-order valence-electron chi connectivity index (χ2n) is 8.76. The maximum absolute atomic E-state index is 12.5. The highest BCUT2D eigenvalue weighted by molar-refractivity contribution is 6.31. The van der Waals surface area contributed by atoms with Crippen molar-refractivity contribution in [3.8, 4) is 0 Å². The number of benzene rings is 2. The van der Waals surface area contributed by atoms with E-state index in [1.165, 1.54) is 0 Å². The molecule has 0 unspecified atom stereocenters. The van der Waals surface area contributed by atoms with Gasteiger partial charge in [0.25, 0.3) is 0 Å². The summed E-state index contributed by atoms with van der Waals surface area (Å²) in [5, 5.41) is 14.6. The van der Waals surface area contributed by atoms with Gasteiger partial charge in [0.15, 0.2) is 0 Å². The predicted molar refractivity (Wildman–Crippen MR) is 128 cm³/mol. The Hall–Kier alpha value is -1.67. The lowest BCUT2D eigenvalue weighted by Crippen LogP contribution is -2.55. The van der Waals surface area contributed by atoms with Crippen molar-refractivity contribution in [1.82, 2.24) is 10.2 Å². The Morgan fingerprint density at radius 3 is 2.67 bits per heavy atom. The molecule has 0 radical (unpaired) electrons. The van der Waals surface area contributed by atoms with Crippen molar-refractivity contribution < 1.29 is 19.4 Å². The number of β-amino-alcohol motifs (C(OH)–C–C–N with tert-alkyl or cyclic N) is 1. The molecule has 2 fully saturated rings. The molecular weight excluding hydrogens is 463 g/mol. The van der Waals surface area contributed by atoms with Gasteiger partial charge in [0, 0.05) is 35.7 Å². The molecule has 0 saturated carbocycles. The van der Waals surface area contributed by atoms with Gasteiger partial charge in [-0.2, -0.15) is 0 Å². The molecule has 2 saturated heterocycles. The van der Waals surface area contributed by atoms with Gasteiger partial charge in [-0.1, -0.05) is 53.5 Å². The van der Waals surface area contributed by atoms with Gasteiger partial charge < -0.3 is 19.9 Å². The fraction of sp³-hybridized carbons (Fsp3) is 0.480. The van der Waals surface area contributed by atoms with E-state index in [1.807, 2.05) is 48.5 Å². The molecule has 0 aromatic heterocycles. The summed E-state index contributed by atoms with van der Waals surface area (Å²) >= 11 is 12.2. The third-order valence-electron chi connectivity index (χ3n) is 6.23. The van der Waals surface area contributed by atoms with Crippen LogP contribution >= 0.6 is 23.2 Å². The number of carbonyl (C=O) groups excluding carboxylic acids is 1. The van der Waals surface area contributed by atoms with Crippen LogP contribution in [0.25, 0.3) is 0 Å². The first-order chi connectivity index (χ1) is 16.0. The number of ether oxygens (including phenoxy) is 2. The lowest BCUT2D eigenvalue weighted by molar-refractivity contribution is -0.158. The van der Waals surface area contributed by atoms with Crippen molar-refractivity contribution in [3.05, 3.63) is 69.7 Å². The molecule has 2 aromatic rings. The van der Waals surface area contributed by atoms with Crippen LogP contribution in [0, 0.1) is 0 Å². The fourth-order valence-electron chi connectivity index (χ4n) is 4.57. The zero-order valence-electron chi connectivity index (χ0n) is 18.5. The first-order valence-electron chi connectivity index (χ1n) is 11.4. The largest absolute Gasteiger partial charge is 0.389 e. The molecule has 4 atom stereocenters. The van der Waals surface area contributed by atoms with Crippen molar-refractivity contribution >= 4 is 29.1 Å². The van der Waals surface area contributed by atoms with E-state index in [2.05, 4.69) is 10.2 Å². The molecule has 0 bridgehead atoms. The molecule has 2 N–H and O–H groups in total. The highest BCUT2D eigenvalue weighted by Crippen LogP contribution is 2.29. The van der Waals surface area contributed by atoms with Crippen LogP contribution in [0.2, 0.25) is 10.0 Å². The van der Waals surface area contributed by atoms with Crippen LogP contribution in [0.5, 0.6) is 0 Å². The average molecular weight is 493 g/mol. The molecule has 8 heteroatoms. The quantitative estimate of drug-likeness (QED) is 0.641. The van der Waals surface area contributed by atoms with Crippen LogP contribution in [-0.4, -0.2) is 60.0 Å². The van der Waals surface area contributed by atoms with Gasteiger partial charge in [0.2, 0.25) is 5.91 Å². The Bertz CT molecular complexity index is 927. The zero-order chi connectivity index (χ0) is 23.2. The van der Waals surface area contributed by atoms with Crippen molar-refractivity contribution in [1.29, 1.82) is 0 Å². The van der Waals surface area contributed by atoms with Gasteiger partial charge in [-0.25, -0.2) is 0 Å². The van der Waals surface area contributed by atoms with Gasteiger partial charge in [0.1, 0.15) is 0 Å². The van der Waals surface area contributed by atoms with Crippen molar-refractivity contribution in [2.45, 2.75) is 56.7 Å². The molecule has 2 heterocycles. The molecule has 6 nitrogen and oxygen atoms in total. The summed E-state index contributed by atoms with van der Waals surface area (Å²) in [6.45, 7) is 2.27. The molecule has 2 aromatic carbocycles. The van der Waals surface area contributed by atoms with Crippen LogP contribution in [0.3, 0.4) is 0 Å². The molecule has 33 heavy (non-hydrogen) atoms. The van der Waals surface area contributed by atoms with Crippen molar-refractivity contribution in [3.63, 3.8) is 0 Å². The summed E-state index contributed by atoms with van der Waals surface area (Å²) < 4.78 is 12.0. The van der Waals surface area contributed by atoms with E-state index in [0.29, 0.717) is 42.7 Å². The molecule has 4 rings (SSSR count). The highest BCUT2D eigenvalue weighted by atomic mass is 35.5. The molecule has 2 aliphatic rings. The summed E-state index contributed by atoms with van der Waals surface area (Å²) in [5.41, 5.74) is 2.02. The number of amides is 1. The van der Waals surface area contributed by atoms with E-state index < -0.39 is 6.10 Å². The first kappa shape index (κ1) is 24.5. The highest BCUT2D eigenvalue weighted by Gasteiger charge is 2.38. The van der Waals surface area contributed by atoms with Crippen molar-refractivity contribution in [2.24, 2.45) is 0 Å². The number of rotatable bonds is 6. The number of hydrogen-bond acceptors (Lipinski definition) is 5. The summed E-state index contributed by atoms with van der Waals surface area (Å²) in [4.78, 5) is 14.8. The lowest BCUT2D eigenvalue weighted by Gasteiger charge is -2.44. The summed E-state index contributed by atoms with van der Waals surface area (Å²) in [6.07, 6.45) is 1.08. The second-order valence-corrected chi connectivity index (χ2v) is 9.60. The minimum absolute atomic E-state index is 0.0569. The molecule has 0 aliphatic carbocycles. The fourth-order valence-corrected chi connectivity index (χ4v) is 4.89. The standard InChI is InChI=1S/C25H30Cl2N2O4/c26-19-7-5-17(6-8-19)13-29-14-20(30)15-32-16-24-23(29)10-9-21(33-24)11-25(31)28-12-18-3-1-2-4-22(18)27/h1-8,20-21,23-24,30H,9-16H2,(H,28,31)/t20-,21+,23-,24+/m1/s1. The molecule has 2 aliphatic heterocycles. The van der Waals surface area contributed by atoms with E-state index in [-0.39, 0.29) is 30.8 Å². The number of nitrogens with zero attached hydrogens (tertiary/aromatic N) is 1. The van der Waals surface area contributed by atoms with E-state index in [0.717, 1.165) is 24.0 Å². The minimum Gasteiger partial charge on any atom is -0.389 e. The van der Waals surface area contributed by atoms with Gasteiger partial charge in [-0.05, 0) is 42.2 Å². The van der Waals surface area contributed by atoms with Crippen LogP contribution in [0.15, 0.2) is 48.5 Å². The Kier molecular flexibility index (Phi) is 8.63. The number of halogens is 2. The SMILES string of the molecule is O=C(C[C@@H]1CC[C@@H]2[C@H](COC[C@H](O)CN2Cc2ccc(Cl)cc2)O1)NCc1ccccc1Cl. The Morgan fingerprint density at radius 2 is 1.88 bits per heavy atom. The van der Waals surface area contributed by atoms with Crippen LogP contribution in [0.1, 0.15) is 30.4 Å². The topological polar surface area (TPSA) is 71.0 Å². The molecule has 0 spiro atoms. The van der Waals surface area contributed by atoms with Crippen LogP contribution in [-0.2, 0) is 27.4 Å². The smallest absolute Gasteiger partial charge is 0.222 e.